The molecule has 1 aromatic rings. The maximum absolute atomic E-state index is 12.4. The van der Waals surface area contributed by atoms with E-state index in [9.17, 15) is 14.9 Å². The Labute approximate surface area is 117 Å². The molecule has 1 aliphatic carbocycles. The normalized spacial score (nSPS) is 13.9. The molecule has 1 heterocycles. The standard InChI is InChI=1S/C13H18N4O3/c1-3-14-12-6-10(11(7-15-12)17(19)20)13(18)16(2)8-9-4-5-9/h6-7,9H,3-5,8H2,1-2H3,(H,14,15). The van der Waals surface area contributed by atoms with E-state index in [1.165, 1.54) is 6.07 Å². The van der Waals surface area contributed by atoms with Crippen LogP contribution >= 0.6 is 0 Å². The van der Waals surface area contributed by atoms with Crippen molar-refractivity contribution in [3.8, 4) is 0 Å². The number of nitrogens with one attached hydrogen (secondary N) is 1. The lowest BCUT2D eigenvalue weighted by molar-refractivity contribution is -0.385. The topological polar surface area (TPSA) is 88.4 Å². The van der Waals surface area contributed by atoms with Crippen LogP contribution in [0.5, 0.6) is 0 Å². The highest BCUT2D eigenvalue weighted by Gasteiger charge is 2.28. The monoisotopic (exact) mass is 278 g/mol. The third-order valence-electron chi connectivity index (χ3n) is 3.24. The first-order valence-corrected chi connectivity index (χ1v) is 6.66. The Morgan fingerprint density at radius 3 is 2.85 bits per heavy atom. The van der Waals surface area contributed by atoms with E-state index in [0.717, 1.165) is 19.0 Å². The zero-order valence-corrected chi connectivity index (χ0v) is 11.6. The highest BCUT2D eigenvalue weighted by Crippen LogP contribution is 2.30. The molecule has 1 aromatic heterocycles. The Balaban J connectivity index is 2.27. The van der Waals surface area contributed by atoms with Gasteiger partial charge >= 0.3 is 0 Å². The van der Waals surface area contributed by atoms with Crippen LogP contribution in [-0.2, 0) is 0 Å². The number of carbonyl (C=O) groups is 1. The van der Waals surface area contributed by atoms with E-state index in [0.29, 0.717) is 24.8 Å². The van der Waals surface area contributed by atoms with E-state index in [1.807, 2.05) is 6.92 Å². The minimum atomic E-state index is -0.569. The van der Waals surface area contributed by atoms with Crippen LogP contribution in [0.25, 0.3) is 0 Å². The van der Waals surface area contributed by atoms with Gasteiger partial charge in [-0.1, -0.05) is 0 Å². The molecule has 0 aromatic carbocycles. The van der Waals surface area contributed by atoms with Gasteiger partial charge in [0.25, 0.3) is 11.6 Å². The molecule has 0 radical (unpaired) electrons. The van der Waals surface area contributed by atoms with Gasteiger partial charge in [0.15, 0.2) is 0 Å². The molecule has 0 saturated heterocycles. The maximum Gasteiger partial charge on any atom is 0.300 e. The van der Waals surface area contributed by atoms with Crippen molar-refractivity contribution in [2.75, 3.05) is 25.5 Å². The number of anilines is 1. The number of nitro groups is 1. The van der Waals surface area contributed by atoms with Gasteiger partial charge in [-0.25, -0.2) is 4.98 Å². The second-order valence-corrected chi connectivity index (χ2v) is 5.00. The summed E-state index contributed by atoms with van der Waals surface area (Å²) >= 11 is 0. The summed E-state index contributed by atoms with van der Waals surface area (Å²) in [5, 5.41) is 14.0. The molecule has 1 amide bonds. The van der Waals surface area contributed by atoms with Crippen molar-refractivity contribution in [1.82, 2.24) is 9.88 Å². The highest BCUT2D eigenvalue weighted by molar-refractivity contribution is 5.98. The molecule has 0 aliphatic heterocycles. The predicted octanol–water partition coefficient (Wildman–Crippen LogP) is 1.90. The van der Waals surface area contributed by atoms with Gasteiger partial charge in [-0.2, -0.15) is 0 Å². The maximum atomic E-state index is 12.4. The second-order valence-electron chi connectivity index (χ2n) is 5.00. The number of hydrogen-bond donors (Lipinski definition) is 1. The van der Waals surface area contributed by atoms with Gasteiger partial charge in [0.1, 0.15) is 17.6 Å². The molecule has 7 heteroatoms. The third-order valence-corrected chi connectivity index (χ3v) is 3.24. The lowest BCUT2D eigenvalue weighted by Crippen LogP contribution is -2.29. The van der Waals surface area contributed by atoms with Crippen LogP contribution in [0.4, 0.5) is 11.5 Å². The average molecular weight is 278 g/mol. The molecule has 1 saturated carbocycles. The fourth-order valence-electron chi connectivity index (χ4n) is 2.02. The second kappa shape index (κ2) is 5.85. The van der Waals surface area contributed by atoms with E-state index in [4.69, 9.17) is 0 Å². The Hall–Kier alpha value is -2.18. The summed E-state index contributed by atoms with van der Waals surface area (Å²) in [6.07, 6.45) is 3.38. The summed E-state index contributed by atoms with van der Waals surface area (Å²) in [5.41, 5.74) is -0.164. The van der Waals surface area contributed by atoms with Gasteiger partial charge in [-0.05, 0) is 25.7 Å². The van der Waals surface area contributed by atoms with Crippen molar-refractivity contribution in [2.24, 2.45) is 5.92 Å². The molecule has 1 fully saturated rings. The van der Waals surface area contributed by atoms with E-state index < -0.39 is 4.92 Å². The predicted molar refractivity (Wildman–Crippen MR) is 74.7 cm³/mol. The van der Waals surface area contributed by atoms with Gasteiger partial charge in [0.2, 0.25) is 0 Å². The van der Waals surface area contributed by atoms with E-state index >= 15 is 0 Å². The minimum absolute atomic E-state index is 0.0871. The SMILES string of the molecule is CCNc1cc(C(=O)N(C)CC2CC2)c([N+](=O)[O-])cn1. The van der Waals surface area contributed by atoms with Crippen molar-refractivity contribution in [1.29, 1.82) is 0 Å². The van der Waals surface area contributed by atoms with Crippen molar-refractivity contribution in [2.45, 2.75) is 19.8 Å². The fraction of sp³-hybridized carbons (Fsp3) is 0.538. The van der Waals surface area contributed by atoms with Crippen molar-refractivity contribution in [3.63, 3.8) is 0 Å². The van der Waals surface area contributed by atoms with Gasteiger partial charge in [-0.3, -0.25) is 14.9 Å². The molecule has 1 aliphatic rings. The largest absolute Gasteiger partial charge is 0.370 e. The summed E-state index contributed by atoms with van der Waals surface area (Å²) in [7, 11) is 1.68. The number of rotatable bonds is 6. The first-order chi connectivity index (χ1) is 9.52. The summed E-state index contributed by atoms with van der Waals surface area (Å²) in [4.78, 5) is 28.3. The molecule has 0 atom stereocenters. The van der Waals surface area contributed by atoms with Gasteiger partial charge in [0, 0.05) is 26.2 Å². The van der Waals surface area contributed by atoms with Crippen LogP contribution in [0.3, 0.4) is 0 Å². The van der Waals surface area contributed by atoms with Crippen LogP contribution in [0.2, 0.25) is 0 Å². The lowest BCUT2D eigenvalue weighted by atomic mass is 10.2. The zero-order valence-electron chi connectivity index (χ0n) is 11.6. The average Bonchev–Trinajstić information content (AvgIpc) is 3.21. The molecular weight excluding hydrogens is 260 g/mol. The summed E-state index contributed by atoms with van der Waals surface area (Å²) < 4.78 is 0. The fourth-order valence-corrected chi connectivity index (χ4v) is 2.02. The molecule has 1 N–H and O–H groups in total. The van der Waals surface area contributed by atoms with Gasteiger partial charge < -0.3 is 10.2 Å². The number of aromatic nitrogens is 1. The highest BCUT2D eigenvalue weighted by atomic mass is 16.6. The van der Waals surface area contributed by atoms with Crippen LogP contribution in [0.15, 0.2) is 12.3 Å². The first-order valence-electron chi connectivity index (χ1n) is 6.66. The molecule has 0 bridgehead atoms. The van der Waals surface area contributed by atoms with E-state index in [2.05, 4.69) is 10.3 Å². The van der Waals surface area contributed by atoms with Gasteiger partial charge in [-0.15, -0.1) is 0 Å². The van der Waals surface area contributed by atoms with Crippen LogP contribution in [0.1, 0.15) is 30.1 Å². The molecule has 108 valence electrons. The van der Waals surface area contributed by atoms with E-state index in [-0.39, 0.29) is 17.2 Å². The summed E-state index contributed by atoms with van der Waals surface area (Å²) in [6.45, 7) is 3.18. The summed E-state index contributed by atoms with van der Waals surface area (Å²) in [6, 6.07) is 1.45. The third kappa shape index (κ3) is 3.23. The number of pyridine rings is 1. The van der Waals surface area contributed by atoms with Crippen LogP contribution in [-0.4, -0.2) is 40.9 Å². The molecule has 7 nitrogen and oxygen atoms in total. The zero-order chi connectivity index (χ0) is 14.7. The number of amides is 1. The summed E-state index contributed by atoms with van der Waals surface area (Å²) in [5.74, 6) is 0.685. The smallest absolute Gasteiger partial charge is 0.300 e. The quantitative estimate of drug-likeness (QED) is 0.634. The number of nitrogens with zero attached hydrogens (tertiary/aromatic N) is 3. The molecule has 20 heavy (non-hydrogen) atoms. The Morgan fingerprint density at radius 2 is 2.30 bits per heavy atom. The van der Waals surface area contributed by atoms with E-state index in [1.54, 1.807) is 11.9 Å². The van der Waals surface area contributed by atoms with Crippen LogP contribution in [0, 0.1) is 16.0 Å². The van der Waals surface area contributed by atoms with Gasteiger partial charge in [0.05, 0.1) is 4.92 Å². The lowest BCUT2D eigenvalue weighted by Gasteiger charge is -2.17. The van der Waals surface area contributed by atoms with Crippen molar-refractivity contribution >= 4 is 17.4 Å². The number of hydrogen-bond acceptors (Lipinski definition) is 5. The molecule has 2 rings (SSSR count). The Morgan fingerprint density at radius 1 is 1.60 bits per heavy atom. The molecule has 0 unspecified atom stereocenters. The first kappa shape index (κ1) is 14.2. The molecular formula is C13H18N4O3. The Bertz CT molecular complexity index is 528. The Kier molecular flexibility index (Phi) is 4.16. The van der Waals surface area contributed by atoms with Crippen molar-refractivity contribution < 1.29 is 9.72 Å². The molecule has 0 spiro atoms. The van der Waals surface area contributed by atoms with Crippen LogP contribution < -0.4 is 5.32 Å². The minimum Gasteiger partial charge on any atom is -0.370 e. The van der Waals surface area contributed by atoms with Crippen molar-refractivity contribution in [3.05, 3.63) is 27.9 Å². The number of carbonyl (C=O) groups excluding carboxylic acids is 1.